The molecule has 0 unspecified atom stereocenters. The Balaban J connectivity index is 0.000000637. The molecule has 0 saturated heterocycles. The molecule has 2 heterocycles. The van der Waals surface area contributed by atoms with Crippen LogP contribution in [0.25, 0.3) is 5.65 Å². The van der Waals surface area contributed by atoms with Crippen LogP contribution in [0.1, 0.15) is 13.8 Å². The third-order valence-corrected chi connectivity index (χ3v) is 2.37. The van der Waals surface area contributed by atoms with Crippen molar-refractivity contribution in [1.29, 1.82) is 0 Å². The summed E-state index contributed by atoms with van der Waals surface area (Å²) >= 11 is 0. The van der Waals surface area contributed by atoms with Gasteiger partial charge in [0, 0.05) is 18.0 Å². The SMILES string of the molecule is CC.Nc1ccc(Oc2ccn3ncnc3c2)cc1. The number of aromatic nitrogens is 3. The molecule has 0 radical (unpaired) electrons. The monoisotopic (exact) mass is 256 g/mol. The fraction of sp³-hybridized carbons (Fsp3) is 0.143. The third-order valence-electron chi connectivity index (χ3n) is 2.37. The van der Waals surface area contributed by atoms with E-state index in [0.29, 0.717) is 5.69 Å². The number of pyridine rings is 1. The number of nitrogen functional groups attached to an aromatic ring is 1. The molecule has 0 amide bonds. The molecular weight excluding hydrogens is 240 g/mol. The van der Waals surface area contributed by atoms with Gasteiger partial charge in [-0.2, -0.15) is 5.10 Å². The highest BCUT2D eigenvalue weighted by Gasteiger charge is 2.00. The fourth-order valence-electron chi connectivity index (χ4n) is 1.53. The molecule has 98 valence electrons. The summed E-state index contributed by atoms with van der Waals surface area (Å²) in [6.07, 6.45) is 3.30. The van der Waals surface area contributed by atoms with E-state index >= 15 is 0 Å². The quantitative estimate of drug-likeness (QED) is 0.715. The minimum atomic E-state index is 0.713. The Kier molecular flexibility index (Phi) is 3.97. The van der Waals surface area contributed by atoms with Crippen LogP contribution in [0.5, 0.6) is 11.5 Å². The lowest BCUT2D eigenvalue weighted by molar-refractivity contribution is 0.482. The molecule has 0 aliphatic carbocycles. The third kappa shape index (κ3) is 3.01. The molecule has 1 aromatic carbocycles. The molecule has 0 fully saturated rings. The summed E-state index contributed by atoms with van der Waals surface area (Å²) in [5, 5.41) is 4.01. The van der Waals surface area contributed by atoms with Crippen molar-refractivity contribution in [1.82, 2.24) is 14.6 Å². The molecule has 0 saturated carbocycles. The van der Waals surface area contributed by atoms with Crippen molar-refractivity contribution in [3.05, 3.63) is 48.9 Å². The summed E-state index contributed by atoms with van der Waals surface area (Å²) in [6, 6.07) is 10.9. The van der Waals surface area contributed by atoms with Crippen LogP contribution in [-0.2, 0) is 0 Å². The molecule has 2 N–H and O–H groups in total. The van der Waals surface area contributed by atoms with E-state index in [9.17, 15) is 0 Å². The summed E-state index contributed by atoms with van der Waals surface area (Å²) in [7, 11) is 0. The number of nitrogens with two attached hydrogens (primary N) is 1. The lowest BCUT2D eigenvalue weighted by Crippen LogP contribution is -1.90. The number of anilines is 1. The van der Waals surface area contributed by atoms with Crippen LogP contribution in [0.15, 0.2) is 48.9 Å². The van der Waals surface area contributed by atoms with Crippen LogP contribution in [0, 0.1) is 0 Å². The normalized spacial score (nSPS) is 9.79. The molecule has 3 aromatic rings. The van der Waals surface area contributed by atoms with Crippen LogP contribution < -0.4 is 10.5 Å². The maximum absolute atomic E-state index is 5.67. The highest BCUT2D eigenvalue weighted by atomic mass is 16.5. The number of hydrogen-bond acceptors (Lipinski definition) is 4. The number of fused-ring (bicyclic) bond motifs is 1. The van der Waals surface area contributed by atoms with Gasteiger partial charge in [0.25, 0.3) is 0 Å². The molecular formula is C14H16N4O. The highest BCUT2D eigenvalue weighted by molar-refractivity contribution is 5.46. The van der Waals surface area contributed by atoms with Gasteiger partial charge in [0.1, 0.15) is 17.8 Å². The number of benzene rings is 1. The standard InChI is InChI=1S/C12H10N4O.C2H6/c13-9-1-3-10(4-2-9)17-11-5-6-16-12(7-11)14-8-15-16;1-2/h1-8H,13H2;1-2H3. The van der Waals surface area contributed by atoms with Gasteiger partial charge in [-0.3, -0.25) is 0 Å². The van der Waals surface area contributed by atoms with Crippen LogP contribution in [0.3, 0.4) is 0 Å². The van der Waals surface area contributed by atoms with Gasteiger partial charge in [-0.1, -0.05) is 13.8 Å². The molecule has 19 heavy (non-hydrogen) atoms. The molecule has 0 bridgehead atoms. The van der Waals surface area contributed by atoms with Gasteiger partial charge >= 0.3 is 0 Å². The Morgan fingerprint density at radius 2 is 1.79 bits per heavy atom. The number of ether oxygens (including phenoxy) is 1. The smallest absolute Gasteiger partial charge is 0.158 e. The van der Waals surface area contributed by atoms with Crippen molar-refractivity contribution in [3.63, 3.8) is 0 Å². The van der Waals surface area contributed by atoms with Crippen LogP contribution in [-0.4, -0.2) is 14.6 Å². The van der Waals surface area contributed by atoms with Crippen LogP contribution in [0.2, 0.25) is 0 Å². The van der Waals surface area contributed by atoms with Crippen LogP contribution in [0.4, 0.5) is 5.69 Å². The van der Waals surface area contributed by atoms with Crippen molar-refractivity contribution >= 4 is 11.3 Å². The first-order valence-electron chi connectivity index (χ1n) is 6.14. The Morgan fingerprint density at radius 3 is 2.53 bits per heavy atom. The number of hydrogen-bond donors (Lipinski definition) is 1. The minimum Gasteiger partial charge on any atom is -0.457 e. The van der Waals surface area contributed by atoms with Crippen molar-refractivity contribution in [3.8, 4) is 11.5 Å². The Bertz CT molecular complexity index is 646. The maximum Gasteiger partial charge on any atom is 0.158 e. The van der Waals surface area contributed by atoms with E-state index in [4.69, 9.17) is 10.5 Å². The second kappa shape index (κ2) is 5.86. The van der Waals surface area contributed by atoms with Gasteiger partial charge in [0.05, 0.1) is 0 Å². The fourth-order valence-corrected chi connectivity index (χ4v) is 1.53. The molecule has 5 nitrogen and oxygen atoms in total. The lowest BCUT2D eigenvalue weighted by Gasteiger charge is -2.05. The predicted molar refractivity (Wildman–Crippen MR) is 75.3 cm³/mol. The first kappa shape index (κ1) is 12.9. The van der Waals surface area contributed by atoms with E-state index in [2.05, 4.69) is 10.1 Å². The van der Waals surface area contributed by atoms with Crippen molar-refractivity contribution < 1.29 is 4.74 Å². The highest BCUT2D eigenvalue weighted by Crippen LogP contribution is 2.22. The Hall–Kier alpha value is -2.56. The number of rotatable bonds is 2. The predicted octanol–water partition coefficient (Wildman–Crippen LogP) is 3.13. The number of nitrogens with zero attached hydrogens (tertiary/aromatic N) is 3. The van der Waals surface area contributed by atoms with Crippen LogP contribution >= 0.6 is 0 Å². The molecule has 0 aliphatic rings. The zero-order valence-electron chi connectivity index (χ0n) is 10.9. The first-order chi connectivity index (χ1) is 9.31. The van der Waals surface area contributed by atoms with E-state index in [-0.39, 0.29) is 0 Å². The molecule has 2 aromatic heterocycles. The maximum atomic E-state index is 5.67. The summed E-state index contributed by atoms with van der Waals surface area (Å²) < 4.78 is 7.35. The summed E-state index contributed by atoms with van der Waals surface area (Å²) in [5.41, 5.74) is 7.06. The second-order valence-corrected chi connectivity index (χ2v) is 3.60. The van der Waals surface area contributed by atoms with Crippen molar-refractivity contribution in [2.45, 2.75) is 13.8 Å². The van der Waals surface area contributed by atoms with Gasteiger partial charge in [-0.05, 0) is 30.3 Å². The summed E-state index contributed by atoms with van der Waals surface area (Å²) in [5.74, 6) is 1.46. The molecule has 0 aliphatic heterocycles. The van der Waals surface area contributed by atoms with E-state index in [1.165, 1.54) is 6.33 Å². The van der Waals surface area contributed by atoms with Gasteiger partial charge in [-0.25, -0.2) is 9.50 Å². The molecule has 0 spiro atoms. The summed E-state index contributed by atoms with van der Waals surface area (Å²) in [6.45, 7) is 4.00. The zero-order chi connectivity index (χ0) is 13.7. The van der Waals surface area contributed by atoms with Gasteiger partial charge in [0.2, 0.25) is 0 Å². The average molecular weight is 256 g/mol. The Labute approximate surface area is 111 Å². The van der Waals surface area contributed by atoms with E-state index in [1.807, 2.05) is 38.1 Å². The summed E-state index contributed by atoms with van der Waals surface area (Å²) in [4.78, 5) is 4.09. The van der Waals surface area contributed by atoms with Gasteiger partial charge in [0.15, 0.2) is 5.65 Å². The minimum absolute atomic E-state index is 0.713. The second-order valence-electron chi connectivity index (χ2n) is 3.60. The van der Waals surface area contributed by atoms with E-state index in [0.717, 1.165) is 17.1 Å². The molecule has 5 heteroatoms. The van der Waals surface area contributed by atoms with Crippen molar-refractivity contribution in [2.75, 3.05) is 5.73 Å². The zero-order valence-corrected chi connectivity index (χ0v) is 10.9. The van der Waals surface area contributed by atoms with E-state index in [1.54, 1.807) is 22.8 Å². The van der Waals surface area contributed by atoms with Gasteiger partial charge < -0.3 is 10.5 Å². The lowest BCUT2D eigenvalue weighted by atomic mass is 10.3. The van der Waals surface area contributed by atoms with Gasteiger partial charge in [-0.15, -0.1) is 0 Å². The Morgan fingerprint density at radius 1 is 1.05 bits per heavy atom. The molecule has 0 atom stereocenters. The average Bonchev–Trinajstić information content (AvgIpc) is 2.91. The molecule has 3 rings (SSSR count). The topological polar surface area (TPSA) is 65.4 Å². The van der Waals surface area contributed by atoms with Crippen molar-refractivity contribution in [2.24, 2.45) is 0 Å². The largest absolute Gasteiger partial charge is 0.457 e. The van der Waals surface area contributed by atoms with E-state index < -0.39 is 0 Å². The first-order valence-corrected chi connectivity index (χ1v) is 6.14.